The zero-order valence-corrected chi connectivity index (χ0v) is 29.7. The first-order valence-corrected chi connectivity index (χ1v) is 18.6. The van der Waals surface area contributed by atoms with Gasteiger partial charge in [-0.2, -0.15) is 0 Å². The average molecular weight is 669 g/mol. The zero-order valence-electron chi connectivity index (χ0n) is 29.7. The Bertz CT molecular complexity index is 2700. The Balaban J connectivity index is 1.21. The predicted molar refractivity (Wildman–Crippen MR) is 223 cm³/mol. The fourth-order valence-electron chi connectivity index (χ4n) is 8.62. The largest absolute Gasteiger partial charge is 0.310 e. The number of hydrogen-bond donors (Lipinski definition) is 0. The second-order valence-electron chi connectivity index (χ2n) is 14.6. The Morgan fingerprint density at radius 2 is 1.08 bits per heavy atom. The lowest BCUT2D eigenvalue weighted by molar-refractivity contribution is 0.963. The molecule has 0 saturated heterocycles. The summed E-state index contributed by atoms with van der Waals surface area (Å²) in [7, 11) is 0. The first-order chi connectivity index (χ1) is 25.6. The molecule has 2 nitrogen and oxygen atoms in total. The van der Waals surface area contributed by atoms with E-state index in [4.69, 9.17) is 0 Å². The molecule has 0 aromatic heterocycles. The summed E-state index contributed by atoms with van der Waals surface area (Å²) in [5, 5.41) is 7.88. The maximum Gasteiger partial charge on any atom is 0.0540 e. The van der Waals surface area contributed by atoms with E-state index in [0.29, 0.717) is 0 Å². The van der Waals surface area contributed by atoms with E-state index in [2.05, 4.69) is 181 Å². The van der Waals surface area contributed by atoms with Crippen LogP contribution in [0.2, 0.25) is 0 Å². The highest BCUT2D eigenvalue weighted by Gasteiger charge is 2.26. The second kappa shape index (κ2) is 12.3. The van der Waals surface area contributed by atoms with Crippen molar-refractivity contribution in [2.45, 2.75) is 39.5 Å². The van der Waals surface area contributed by atoms with Crippen molar-refractivity contribution < 1.29 is 0 Å². The van der Waals surface area contributed by atoms with Gasteiger partial charge in [-0.05, 0) is 149 Å². The lowest BCUT2D eigenvalue weighted by Crippen LogP contribution is -2.15. The molecule has 0 radical (unpaired) electrons. The van der Waals surface area contributed by atoms with Crippen LogP contribution in [0.15, 0.2) is 152 Å². The lowest BCUT2D eigenvalue weighted by Gasteiger charge is -2.32. The van der Waals surface area contributed by atoms with Gasteiger partial charge in [-0.3, -0.25) is 0 Å². The number of hydrogen-bond acceptors (Lipinski definition) is 2. The van der Waals surface area contributed by atoms with Crippen LogP contribution in [0.25, 0.3) is 38.4 Å². The predicted octanol–water partition coefficient (Wildman–Crippen LogP) is 13.8. The van der Waals surface area contributed by atoms with Gasteiger partial charge in [0.05, 0.1) is 5.69 Å². The van der Waals surface area contributed by atoms with Gasteiger partial charge >= 0.3 is 0 Å². The molecule has 52 heavy (non-hydrogen) atoms. The Morgan fingerprint density at radius 3 is 1.87 bits per heavy atom. The minimum atomic E-state index is 0.994. The Kier molecular flexibility index (Phi) is 7.25. The molecule has 2 aliphatic rings. The van der Waals surface area contributed by atoms with Gasteiger partial charge in [-0.25, -0.2) is 0 Å². The van der Waals surface area contributed by atoms with Crippen LogP contribution in [-0.4, -0.2) is 0 Å². The monoisotopic (exact) mass is 668 g/mol. The van der Waals surface area contributed by atoms with Crippen molar-refractivity contribution >= 4 is 72.5 Å². The summed E-state index contributed by atoms with van der Waals surface area (Å²) in [6.45, 7) is 4.33. The van der Waals surface area contributed by atoms with E-state index in [1.807, 2.05) is 0 Å². The van der Waals surface area contributed by atoms with E-state index in [-0.39, 0.29) is 0 Å². The molecule has 0 heterocycles. The lowest BCUT2D eigenvalue weighted by atomic mass is 9.84. The molecule has 2 aliphatic carbocycles. The van der Waals surface area contributed by atoms with Gasteiger partial charge in [-0.15, -0.1) is 0 Å². The number of rotatable bonds is 6. The molecule has 0 unspecified atom stereocenters. The van der Waals surface area contributed by atoms with E-state index in [0.717, 1.165) is 25.7 Å². The molecule has 0 spiro atoms. The van der Waals surface area contributed by atoms with Gasteiger partial charge < -0.3 is 9.80 Å². The number of nitrogens with zero attached hydrogens (tertiary/aromatic N) is 2. The van der Waals surface area contributed by atoms with Crippen LogP contribution >= 0.6 is 0 Å². The van der Waals surface area contributed by atoms with Crippen molar-refractivity contribution in [3.63, 3.8) is 0 Å². The Labute approximate surface area is 305 Å². The van der Waals surface area contributed by atoms with Crippen LogP contribution < -0.4 is 9.80 Å². The molecule has 250 valence electrons. The molecular formula is C50H40N2. The number of anilines is 6. The Hall–Kier alpha value is -6.12. The SMILES string of the molecule is Cc1ccc(N(c2ccc3ccccc3c2)c2ccc3ccc4c(N(c5ccc(C)cc5)c5ccc6c(c5)CCC=C6)ccc5c4c3c2CC5)cc1. The van der Waals surface area contributed by atoms with Gasteiger partial charge in [0.15, 0.2) is 0 Å². The normalized spacial score (nSPS) is 13.2. The summed E-state index contributed by atoms with van der Waals surface area (Å²) >= 11 is 0. The fraction of sp³-hybridized carbons (Fsp3) is 0.120. The Morgan fingerprint density at radius 1 is 0.442 bits per heavy atom. The van der Waals surface area contributed by atoms with Crippen LogP contribution in [0.5, 0.6) is 0 Å². The summed E-state index contributed by atoms with van der Waals surface area (Å²) in [5.74, 6) is 0. The third-order valence-corrected chi connectivity index (χ3v) is 11.3. The van der Waals surface area contributed by atoms with Crippen molar-refractivity contribution in [1.29, 1.82) is 0 Å². The van der Waals surface area contributed by atoms with E-state index in [9.17, 15) is 0 Å². The van der Waals surface area contributed by atoms with Gasteiger partial charge in [-0.1, -0.05) is 108 Å². The third-order valence-electron chi connectivity index (χ3n) is 11.3. The van der Waals surface area contributed by atoms with Crippen LogP contribution in [0.1, 0.15) is 39.8 Å². The van der Waals surface area contributed by atoms with Gasteiger partial charge in [0.2, 0.25) is 0 Å². The van der Waals surface area contributed by atoms with Gasteiger partial charge in [0.1, 0.15) is 0 Å². The smallest absolute Gasteiger partial charge is 0.0540 e. The van der Waals surface area contributed by atoms with E-state index in [1.54, 1.807) is 0 Å². The van der Waals surface area contributed by atoms with Crippen molar-refractivity contribution in [3.8, 4) is 0 Å². The average Bonchev–Trinajstić information content (AvgIpc) is 3.19. The standard InChI is InChI=1S/C50H40N2/c1-33-11-21-41(22-12-33)51(43-25-15-35-7-3-5-9-39(35)31-43)47-29-19-37-18-28-46-48(30-20-38-17-27-45(47)49(37)50(38)46)52(42-23-13-34(2)14-24-42)44-26-16-36-8-4-6-10-40(36)32-44/h3-5,7-9,11-16,18-26,28-32H,6,10,17,27H2,1-2H3. The molecule has 8 aromatic carbocycles. The number of fused-ring (bicyclic) bond motifs is 2. The molecule has 0 bridgehead atoms. The minimum absolute atomic E-state index is 0.994. The van der Waals surface area contributed by atoms with Crippen molar-refractivity contribution in [3.05, 3.63) is 185 Å². The summed E-state index contributed by atoms with van der Waals surface area (Å²) in [6.07, 6.45) is 8.74. The van der Waals surface area contributed by atoms with Crippen LogP contribution in [0.4, 0.5) is 34.1 Å². The fourth-order valence-corrected chi connectivity index (χ4v) is 8.62. The number of aryl methyl sites for hydroxylation is 5. The first kappa shape index (κ1) is 30.7. The molecule has 2 heteroatoms. The topological polar surface area (TPSA) is 6.48 Å². The zero-order chi connectivity index (χ0) is 34.8. The maximum atomic E-state index is 2.48. The van der Waals surface area contributed by atoms with Gasteiger partial charge in [0.25, 0.3) is 0 Å². The van der Waals surface area contributed by atoms with Crippen molar-refractivity contribution in [1.82, 2.24) is 0 Å². The van der Waals surface area contributed by atoms with Crippen LogP contribution in [-0.2, 0) is 19.3 Å². The molecule has 0 aliphatic heterocycles. The molecule has 0 N–H and O–H groups in total. The van der Waals surface area contributed by atoms with E-state index < -0.39 is 0 Å². The second-order valence-corrected chi connectivity index (χ2v) is 14.6. The third kappa shape index (κ3) is 5.09. The summed E-state index contributed by atoms with van der Waals surface area (Å²) in [5.41, 5.74) is 15.4. The molecular weight excluding hydrogens is 629 g/mol. The first-order valence-electron chi connectivity index (χ1n) is 18.6. The summed E-state index contributed by atoms with van der Waals surface area (Å²) in [6, 6.07) is 54.7. The molecule has 8 aromatic rings. The van der Waals surface area contributed by atoms with Crippen molar-refractivity contribution in [2.24, 2.45) is 0 Å². The number of allylic oxidation sites excluding steroid dienone is 1. The molecule has 0 amide bonds. The van der Waals surface area contributed by atoms with Crippen LogP contribution in [0, 0.1) is 13.8 Å². The van der Waals surface area contributed by atoms with Crippen molar-refractivity contribution in [2.75, 3.05) is 9.80 Å². The minimum Gasteiger partial charge on any atom is -0.310 e. The maximum absolute atomic E-state index is 2.48. The highest BCUT2D eigenvalue weighted by Crippen LogP contribution is 2.48. The molecule has 10 rings (SSSR count). The number of benzene rings is 8. The van der Waals surface area contributed by atoms with E-state index >= 15 is 0 Å². The highest BCUT2D eigenvalue weighted by atomic mass is 15.2. The van der Waals surface area contributed by atoms with E-state index in [1.165, 1.54) is 99.8 Å². The summed E-state index contributed by atoms with van der Waals surface area (Å²) in [4.78, 5) is 4.96. The highest BCUT2D eigenvalue weighted by molar-refractivity contribution is 6.17. The van der Waals surface area contributed by atoms with Crippen LogP contribution in [0.3, 0.4) is 0 Å². The molecule has 0 saturated carbocycles. The molecule has 0 atom stereocenters. The quantitative estimate of drug-likeness (QED) is 0.163. The summed E-state index contributed by atoms with van der Waals surface area (Å²) < 4.78 is 0. The molecule has 0 fully saturated rings. The van der Waals surface area contributed by atoms with Gasteiger partial charge in [0, 0.05) is 33.8 Å².